The Bertz CT molecular complexity index is 396. The molecular weight excluding hydrogens is 186 g/mol. The van der Waals surface area contributed by atoms with Crippen LogP contribution in [-0.2, 0) is 5.41 Å². The SMILES string of the molecule is Cc1cc(C23CC(C4CNC4)(C2)C3)[nH]n1. The quantitative estimate of drug-likeness (QED) is 0.762. The molecule has 2 N–H and O–H groups in total. The van der Waals surface area contributed by atoms with E-state index in [0.29, 0.717) is 5.41 Å². The van der Waals surface area contributed by atoms with Gasteiger partial charge in [-0.25, -0.2) is 0 Å². The average molecular weight is 203 g/mol. The van der Waals surface area contributed by atoms with Gasteiger partial charge in [0.05, 0.1) is 5.69 Å². The van der Waals surface area contributed by atoms with Crippen molar-refractivity contribution in [3.05, 3.63) is 17.5 Å². The van der Waals surface area contributed by atoms with E-state index in [1.807, 2.05) is 0 Å². The minimum atomic E-state index is 0.511. The van der Waals surface area contributed by atoms with Gasteiger partial charge in [0.2, 0.25) is 0 Å². The van der Waals surface area contributed by atoms with Gasteiger partial charge in [-0.15, -0.1) is 0 Å². The molecule has 2 bridgehead atoms. The lowest BCUT2D eigenvalue weighted by atomic mass is 9.30. The fraction of sp³-hybridized carbons (Fsp3) is 0.750. The number of nitrogens with one attached hydrogen (secondary N) is 2. The van der Waals surface area contributed by atoms with Gasteiger partial charge in [-0.1, -0.05) is 0 Å². The van der Waals surface area contributed by atoms with Crippen LogP contribution in [0.3, 0.4) is 0 Å². The number of nitrogens with zero attached hydrogens (tertiary/aromatic N) is 1. The van der Waals surface area contributed by atoms with Gasteiger partial charge in [-0.3, -0.25) is 5.10 Å². The van der Waals surface area contributed by atoms with E-state index in [2.05, 4.69) is 28.5 Å². The lowest BCUT2D eigenvalue weighted by Gasteiger charge is -2.74. The summed E-state index contributed by atoms with van der Waals surface area (Å²) < 4.78 is 0. The summed E-state index contributed by atoms with van der Waals surface area (Å²) in [6.07, 6.45) is 4.23. The number of rotatable bonds is 2. The molecule has 80 valence electrons. The molecule has 0 radical (unpaired) electrons. The smallest absolute Gasteiger partial charge is 0.0594 e. The van der Waals surface area contributed by atoms with Crippen LogP contribution in [-0.4, -0.2) is 23.3 Å². The van der Waals surface area contributed by atoms with E-state index in [1.54, 1.807) is 0 Å². The molecule has 4 fully saturated rings. The minimum Gasteiger partial charge on any atom is -0.316 e. The predicted octanol–water partition coefficient (Wildman–Crippen LogP) is 1.36. The zero-order chi connectivity index (χ0) is 10.1. The molecule has 4 aliphatic rings. The van der Waals surface area contributed by atoms with Crippen molar-refractivity contribution in [2.75, 3.05) is 13.1 Å². The number of hydrogen-bond donors (Lipinski definition) is 2. The van der Waals surface area contributed by atoms with E-state index in [9.17, 15) is 0 Å². The fourth-order valence-corrected chi connectivity index (χ4v) is 4.00. The first-order valence-electron chi connectivity index (χ1n) is 5.96. The van der Waals surface area contributed by atoms with Gasteiger partial charge in [0.1, 0.15) is 0 Å². The molecule has 3 heteroatoms. The molecule has 0 aromatic carbocycles. The average Bonchev–Trinajstić information content (AvgIpc) is 2.36. The molecule has 1 aromatic rings. The largest absolute Gasteiger partial charge is 0.316 e. The van der Waals surface area contributed by atoms with Gasteiger partial charge in [0, 0.05) is 11.1 Å². The Morgan fingerprint density at radius 1 is 1.33 bits per heavy atom. The Hall–Kier alpha value is -0.830. The fourth-order valence-electron chi connectivity index (χ4n) is 4.00. The Labute approximate surface area is 89.6 Å². The van der Waals surface area contributed by atoms with E-state index in [-0.39, 0.29) is 0 Å². The molecule has 0 unspecified atom stereocenters. The molecule has 0 spiro atoms. The van der Waals surface area contributed by atoms with E-state index < -0.39 is 0 Å². The molecule has 0 amide bonds. The molecule has 0 atom stereocenters. The first kappa shape index (κ1) is 8.34. The summed E-state index contributed by atoms with van der Waals surface area (Å²) in [7, 11) is 0. The molecule has 3 saturated carbocycles. The van der Waals surface area contributed by atoms with Crippen molar-refractivity contribution in [3.8, 4) is 0 Å². The number of H-pyrrole nitrogens is 1. The first-order valence-corrected chi connectivity index (χ1v) is 5.96. The van der Waals surface area contributed by atoms with Crippen molar-refractivity contribution in [1.29, 1.82) is 0 Å². The molecule has 5 rings (SSSR count). The molecule has 2 heterocycles. The Balaban J connectivity index is 1.55. The topological polar surface area (TPSA) is 40.7 Å². The third-order valence-corrected chi connectivity index (χ3v) is 5.00. The molecule has 15 heavy (non-hydrogen) atoms. The maximum absolute atomic E-state index is 4.25. The van der Waals surface area contributed by atoms with Gasteiger partial charge in [0.15, 0.2) is 0 Å². The summed E-state index contributed by atoms with van der Waals surface area (Å²) in [4.78, 5) is 0. The number of aromatic amines is 1. The van der Waals surface area contributed by atoms with Crippen molar-refractivity contribution < 1.29 is 0 Å². The van der Waals surface area contributed by atoms with Crippen molar-refractivity contribution >= 4 is 0 Å². The molecule has 3 aliphatic carbocycles. The number of hydrogen-bond acceptors (Lipinski definition) is 2. The summed E-state index contributed by atoms with van der Waals surface area (Å²) in [5.74, 6) is 0.975. The van der Waals surface area contributed by atoms with Gasteiger partial charge in [0.25, 0.3) is 0 Å². The number of aromatic nitrogens is 2. The van der Waals surface area contributed by atoms with Gasteiger partial charge in [-0.05, 0) is 56.7 Å². The molecule has 1 aromatic heterocycles. The maximum Gasteiger partial charge on any atom is 0.0594 e. The van der Waals surface area contributed by atoms with Crippen LogP contribution < -0.4 is 5.32 Å². The predicted molar refractivity (Wildman–Crippen MR) is 57.6 cm³/mol. The highest BCUT2D eigenvalue weighted by Gasteiger charge is 2.71. The van der Waals surface area contributed by atoms with Gasteiger partial charge in [-0.2, -0.15) is 5.10 Å². The Kier molecular flexibility index (Phi) is 1.27. The van der Waals surface area contributed by atoms with Crippen LogP contribution in [0.25, 0.3) is 0 Å². The Morgan fingerprint density at radius 3 is 2.53 bits per heavy atom. The van der Waals surface area contributed by atoms with Crippen molar-refractivity contribution in [2.45, 2.75) is 31.6 Å². The van der Waals surface area contributed by atoms with E-state index in [0.717, 1.165) is 17.0 Å². The van der Waals surface area contributed by atoms with Crippen LogP contribution in [0, 0.1) is 18.3 Å². The van der Waals surface area contributed by atoms with E-state index in [1.165, 1.54) is 38.0 Å². The minimum absolute atomic E-state index is 0.511. The van der Waals surface area contributed by atoms with Crippen LogP contribution in [0.5, 0.6) is 0 Å². The van der Waals surface area contributed by atoms with E-state index >= 15 is 0 Å². The molecule has 1 aliphatic heterocycles. The third-order valence-electron chi connectivity index (χ3n) is 5.00. The highest BCUT2D eigenvalue weighted by Crippen LogP contribution is 2.76. The van der Waals surface area contributed by atoms with Crippen molar-refractivity contribution in [1.82, 2.24) is 15.5 Å². The maximum atomic E-state index is 4.25. The monoisotopic (exact) mass is 203 g/mol. The van der Waals surface area contributed by atoms with Crippen molar-refractivity contribution in [3.63, 3.8) is 0 Å². The summed E-state index contributed by atoms with van der Waals surface area (Å²) in [6, 6.07) is 2.24. The summed E-state index contributed by atoms with van der Waals surface area (Å²) in [5.41, 5.74) is 3.77. The molecule has 1 saturated heterocycles. The van der Waals surface area contributed by atoms with Crippen LogP contribution >= 0.6 is 0 Å². The van der Waals surface area contributed by atoms with Gasteiger partial charge < -0.3 is 5.32 Å². The Morgan fingerprint density at radius 2 is 2.07 bits per heavy atom. The van der Waals surface area contributed by atoms with E-state index in [4.69, 9.17) is 0 Å². The number of aryl methyl sites for hydroxylation is 1. The highest BCUT2D eigenvalue weighted by atomic mass is 15.1. The van der Waals surface area contributed by atoms with Crippen LogP contribution in [0.15, 0.2) is 6.07 Å². The zero-order valence-corrected chi connectivity index (χ0v) is 9.14. The zero-order valence-electron chi connectivity index (χ0n) is 9.14. The second-order valence-electron chi connectivity index (χ2n) is 5.95. The highest BCUT2D eigenvalue weighted by molar-refractivity contribution is 5.36. The second-order valence-corrected chi connectivity index (χ2v) is 5.95. The summed E-state index contributed by atoms with van der Waals surface area (Å²) in [5, 5.41) is 10.9. The first-order chi connectivity index (χ1) is 7.23. The third kappa shape index (κ3) is 0.842. The van der Waals surface area contributed by atoms with Crippen LogP contribution in [0.4, 0.5) is 0 Å². The normalized spacial score (nSPS) is 43.0. The van der Waals surface area contributed by atoms with Gasteiger partial charge >= 0.3 is 0 Å². The summed E-state index contributed by atoms with van der Waals surface area (Å²) in [6.45, 7) is 4.59. The molecular formula is C12H17N3. The van der Waals surface area contributed by atoms with Crippen molar-refractivity contribution in [2.24, 2.45) is 11.3 Å². The van der Waals surface area contributed by atoms with Crippen LogP contribution in [0.1, 0.15) is 30.7 Å². The second kappa shape index (κ2) is 2.29. The molecule has 3 nitrogen and oxygen atoms in total. The lowest BCUT2D eigenvalue weighted by molar-refractivity contribution is -0.193. The lowest BCUT2D eigenvalue weighted by Crippen LogP contribution is -2.72. The summed E-state index contributed by atoms with van der Waals surface area (Å²) >= 11 is 0. The standard InChI is InChI=1S/C12H17N3/c1-8-2-10(15-14-8)12-5-11(6-12,7-12)9-3-13-4-9/h2,9,13H,3-7H2,1H3,(H,14,15). The van der Waals surface area contributed by atoms with Crippen LogP contribution in [0.2, 0.25) is 0 Å².